The minimum Gasteiger partial charge on any atom is -0.452 e. The van der Waals surface area contributed by atoms with Crippen LogP contribution in [-0.4, -0.2) is 29.2 Å². The van der Waals surface area contributed by atoms with Gasteiger partial charge < -0.3 is 14.6 Å². The second-order valence-corrected chi connectivity index (χ2v) is 8.32. The van der Waals surface area contributed by atoms with Crippen LogP contribution in [0.5, 0.6) is 0 Å². The lowest BCUT2D eigenvalue weighted by molar-refractivity contribution is -0.125. The molecule has 1 aromatic heterocycles. The Morgan fingerprint density at radius 3 is 2.72 bits per heavy atom. The number of thioether (sulfide) groups is 1. The van der Waals surface area contributed by atoms with Crippen LogP contribution in [-0.2, 0) is 15.3 Å². The standard InChI is InChI=1S/C21H23N3O4S/c1-13-17(14(2)28-24-13)11-29-18-7-5-4-6-16(18)20(26)27-10-19(25)23-21(3,12-22)15-8-9-15/h4-7,15H,8-11H2,1-3H3,(H,23,25)/t21-/m0/s1. The van der Waals surface area contributed by atoms with Gasteiger partial charge in [-0.15, -0.1) is 11.8 Å². The first kappa shape index (κ1) is 20.9. The topological polar surface area (TPSA) is 105 Å². The molecule has 1 heterocycles. The van der Waals surface area contributed by atoms with E-state index in [0.29, 0.717) is 11.3 Å². The molecule has 1 atom stereocenters. The molecule has 2 aromatic rings. The number of esters is 1. The van der Waals surface area contributed by atoms with Crippen LogP contribution in [0.4, 0.5) is 0 Å². The van der Waals surface area contributed by atoms with E-state index < -0.39 is 24.0 Å². The molecular weight excluding hydrogens is 390 g/mol. The first-order valence-electron chi connectivity index (χ1n) is 9.37. The van der Waals surface area contributed by atoms with Gasteiger partial charge in [0.15, 0.2) is 6.61 Å². The van der Waals surface area contributed by atoms with Crippen LogP contribution < -0.4 is 5.32 Å². The second-order valence-electron chi connectivity index (χ2n) is 7.30. The molecule has 29 heavy (non-hydrogen) atoms. The lowest BCUT2D eigenvalue weighted by atomic mass is 9.98. The van der Waals surface area contributed by atoms with Gasteiger partial charge in [0.1, 0.15) is 11.3 Å². The van der Waals surface area contributed by atoms with Gasteiger partial charge in [-0.2, -0.15) is 5.26 Å². The predicted molar refractivity (Wildman–Crippen MR) is 107 cm³/mol. The molecule has 1 N–H and O–H groups in total. The summed E-state index contributed by atoms with van der Waals surface area (Å²) < 4.78 is 10.4. The third-order valence-electron chi connectivity index (χ3n) is 5.02. The van der Waals surface area contributed by atoms with Crippen LogP contribution in [0, 0.1) is 31.1 Å². The van der Waals surface area contributed by atoms with Crippen molar-refractivity contribution in [2.75, 3.05) is 6.61 Å². The van der Waals surface area contributed by atoms with E-state index >= 15 is 0 Å². The Morgan fingerprint density at radius 1 is 1.38 bits per heavy atom. The van der Waals surface area contributed by atoms with E-state index in [4.69, 9.17) is 9.26 Å². The summed E-state index contributed by atoms with van der Waals surface area (Å²) in [6.45, 7) is 5.00. The van der Waals surface area contributed by atoms with Crippen molar-refractivity contribution < 1.29 is 18.8 Å². The molecule has 1 aliphatic carbocycles. The van der Waals surface area contributed by atoms with E-state index in [1.807, 2.05) is 26.0 Å². The first-order valence-corrected chi connectivity index (χ1v) is 10.4. The minimum absolute atomic E-state index is 0.161. The number of amides is 1. The second kappa shape index (κ2) is 8.70. The molecule has 7 nitrogen and oxygen atoms in total. The van der Waals surface area contributed by atoms with Gasteiger partial charge in [-0.05, 0) is 51.7 Å². The van der Waals surface area contributed by atoms with E-state index in [0.717, 1.165) is 34.8 Å². The number of carbonyl (C=O) groups excluding carboxylic acids is 2. The third kappa shape index (κ3) is 4.98. The van der Waals surface area contributed by atoms with Crippen molar-refractivity contribution in [2.24, 2.45) is 5.92 Å². The molecule has 1 amide bonds. The van der Waals surface area contributed by atoms with Crippen LogP contribution in [0.3, 0.4) is 0 Å². The predicted octanol–water partition coefficient (Wildman–Crippen LogP) is 3.55. The molecule has 8 heteroatoms. The van der Waals surface area contributed by atoms with E-state index in [-0.39, 0.29) is 5.92 Å². The SMILES string of the molecule is Cc1noc(C)c1CSc1ccccc1C(=O)OCC(=O)N[C@@](C)(C#N)C1CC1. The maximum Gasteiger partial charge on any atom is 0.339 e. The Labute approximate surface area is 173 Å². The molecule has 0 bridgehead atoms. The zero-order valence-corrected chi connectivity index (χ0v) is 17.5. The summed E-state index contributed by atoms with van der Waals surface area (Å²) in [5, 5.41) is 15.9. The molecule has 0 spiro atoms. The highest BCUT2D eigenvalue weighted by Gasteiger charge is 2.43. The van der Waals surface area contributed by atoms with Gasteiger partial charge in [-0.3, -0.25) is 4.79 Å². The van der Waals surface area contributed by atoms with Gasteiger partial charge >= 0.3 is 5.97 Å². The van der Waals surface area contributed by atoms with Crippen molar-refractivity contribution in [2.45, 2.75) is 49.8 Å². The number of aromatic nitrogens is 1. The molecule has 1 saturated carbocycles. The molecule has 1 fully saturated rings. The molecule has 152 valence electrons. The highest BCUT2D eigenvalue weighted by molar-refractivity contribution is 7.98. The molecule has 0 unspecified atom stereocenters. The van der Waals surface area contributed by atoms with Gasteiger partial charge in [-0.1, -0.05) is 17.3 Å². The number of ether oxygens (including phenoxy) is 1. The molecule has 1 aromatic carbocycles. The maximum absolute atomic E-state index is 12.5. The molecular formula is C21H23N3O4S. The summed E-state index contributed by atoms with van der Waals surface area (Å²) in [5.41, 5.74) is 1.30. The quantitative estimate of drug-likeness (QED) is 0.521. The Kier molecular flexibility index (Phi) is 6.28. The largest absolute Gasteiger partial charge is 0.452 e. The summed E-state index contributed by atoms with van der Waals surface area (Å²) in [7, 11) is 0. The van der Waals surface area contributed by atoms with Crippen LogP contribution in [0.25, 0.3) is 0 Å². The number of hydrogen-bond acceptors (Lipinski definition) is 7. The fraction of sp³-hybridized carbons (Fsp3) is 0.429. The highest BCUT2D eigenvalue weighted by atomic mass is 32.2. The van der Waals surface area contributed by atoms with Crippen LogP contribution in [0.2, 0.25) is 0 Å². The average molecular weight is 413 g/mol. The van der Waals surface area contributed by atoms with Gasteiger partial charge in [0.2, 0.25) is 0 Å². The maximum atomic E-state index is 12.5. The smallest absolute Gasteiger partial charge is 0.339 e. The lowest BCUT2D eigenvalue weighted by Crippen LogP contribution is -2.48. The van der Waals surface area contributed by atoms with Crippen molar-refractivity contribution >= 4 is 23.6 Å². The molecule has 0 aliphatic heterocycles. The highest BCUT2D eigenvalue weighted by Crippen LogP contribution is 2.39. The Balaban J connectivity index is 1.59. The van der Waals surface area contributed by atoms with Gasteiger partial charge in [-0.25, -0.2) is 4.79 Å². The normalized spacial score (nSPS) is 15.2. The van der Waals surface area contributed by atoms with Crippen LogP contribution >= 0.6 is 11.8 Å². The van der Waals surface area contributed by atoms with Gasteiger partial charge in [0.05, 0.1) is 17.3 Å². The summed E-state index contributed by atoms with van der Waals surface area (Å²) in [4.78, 5) is 25.4. The third-order valence-corrected chi connectivity index (χ3v) is 6.12. The van der Waals surface area contributed by atoms with Crippen molar-refractivity contribution in [3.05, 3.63) is 46.8 Å². The monoisotopic (exact) mass is 413 g/mol. The molecule has 0 radical (unpaired) electrons. The zero-order valence-electron chi connectivity index (χ0n) is 16.7. The summed E-state index contributed by atoms with van der Waals surface area (Å²) >= 11 is 1.48. The lowest BCUT2D eigenvalue weighted by Gasteiger charge is -2.22. The number of hydrogen-bond donors (Lipinski definition) is 1. The zero-order chi connectivity index (χ0) is 21.0. The average Bonchev–Trinajstić information content (AvgIpc) is 3.52. The van der Waals surface area contributed by atoms with Crippen molar-refractivity contribution in [1.82, 2.24) is 10.5 Å². The molecule has 3 rings (SSSR count). The fourth-order valence-electron chi connectivity index (χ4n) is 3.04. The summed E-state index contributed by atoms with van der Waals surface area (Å²) in [6, 6.07) is 9.24. The van der Waals surface area contributed by atoms with E-state index in [9.17, 15) is 14.9 Å². The number of nitriles is 1. The number of nitrogens with one attached hydrogen (secondary N) is 1. The van der Waals surface area contributed by atoms with Gasteiger partial charge in [0.25, 0.3) is 5.91 Å². The van der Waals surface area contributed by atoms with Crippen molar-refractivity contribution in [1.29, 1.82) is 5.26 Å². The van der Waals surface area contributed by atoms with Crippen LogP contribution in [0.1, 0.15) is 47.1 Å². The van der Waals surface area contributed by atoms with E-state index in [1.54, 1.807) is 19.1 Å². The number of aryl methyl sites for hydroxylation is 2. The van der Waals surface area contributed by atoms with Crippen molar-refractivity contribution in [3.63, 3.8) is 0 Å². The van der Waals surface area contributed by atoms with E-state index in [1.165, 1.54) is 11.8 Å². The van der Waals surface area contributed by atoms with Crippen molar-refractivity contribution in [3.8, 4) is 6.07 Å². The molecule has 1 aliphatic rings. The number of benzene rings is 1. The summed E-state index contributed by atoms with van der Waals surface area (Å²) in [5.74, 6) is 0.465. The number of rotatable bonds is 8. The Hall–Kier alpha value is -2.79. The minimum atomic E-state index is -0.911. The Bertz CT molecular complexity index is 942. The van der Waals surface area contributed by atoms with Gasteiger partial charge in [0, 0.05) is 16.2 Å². The number of carbonyl (C=O) groups is 2. The first-order chi connectivity index (χ1) is 13.8. The Morgan fingerprint density at radius 2 is 2.10 bits per heavy atom. The fourth-order valence-corrected chi connectivity index (χ4v) is 4.23. The van der Waals surface area contributed by atoms with E-state index in [2.05, 4.69) is 16.5 Å². The van der Waals surface area contributed by atoms with Crippen LogP contribution in [0.15, 0.2) is 33.7 Å². The number of nitrogens with zero attached hydrogens (tertiary/aromatic N) is 2. The summed E-state index contributed by atoms with van der Waals surface area (Å²) in [6.07, 6.45) is 1.83. The molecule has 0 saturated heterocycles.